The van der Waals surface area contributed by atoms with Crippen LogP contribution in [-0.2, 0) is 22.9 Å². The topological polar surface area (TPSA) is 81.1 Å². The molecule has 2 atom stereocenters. The van der Waals surface area contributed by atoms with Crippen LogP contribution >= 0.6 is 15.9 Å². The number of aryl methyl sites for hydroxylation is 1. The predicted octanol–water partition coefficient (Wildman–Crippen LogP) is 2.78. The second-order valence-electron chi connectivity index (χ2n) is 7.39. The van der Waals surface area contributed by atoms with E-state index in [0.717, 1.165) is 22.0 Å². The van der Waals surface area contributed by atoms with E-state index in [1.807, 2.05) is 38.1 Å². The van der Waals surface area contributed by atoms with Gasteiger partial charge in [0.2, 0.25) is 10.0 Å². The quantitative estimate of drug-likeness (QED) is 0.754. The third-order valence-electron chi connectivity index (χ3n) is 4.93. The summed E-state index contributed by atoms with van der Waals surface area (Å²) in [4.78, 5) is 17.7. The lowest BCUT2D eigenvalue weighted by Gasteiger charge is -2.33. The first-order valence-electron chi connectivity index (χ1n) is 8.97. The van der Waals surface area contributed by atoms with Crippen LogP contribution in [0.1, 0.15) is 49.0 Å². The minimum Gasteiger partial charge on any atom is -0.296 e. The Bertz CT molecular complexity index is 1000. The van der Waals surface area contributed by atoms with Gasteiger partial charge in [0.15, 0.2) is 0 Å². The van der Waals surface area contributed by atoms with Gasteiger partial charge < -0.3 is 0 Å². The molecule has 6 nitrogen and oxygen atoms in total. The van der Waals surface area contributed by atoms with Crippen molar-refractivity contribution in [2.45, 2.75) is 51.1 Å². The summed E-state index contributed by atoms with van der Waals surface area (Å²) in [5, 5.41) is 0. The number of benzene rings is 1. The third-order valence-corrected chi connectivity index (χ3v) is 6.15. The van der Waals surface area contributed by atoms with Gasteiger partial charge in [0.25, 0.3) is 5.56 Å². The highest BCUT2D eigenvalue weighted by Crippen LogP contribution is 2.32. The van der Waals surface area contributed by atoms with Crippen molar-refractivity contribution in [3.05, 3.63) is 62.2 Å². The number of halogens is 1. The van der Waals surface area contributed by atoms with E-state index in [1.54, 1.807) is 10.9 Å². The third kappa shape index (κ3) is 4.67. The zero-order chi connectivity index (χ0) is 19.8. The van der Waals surface area contributed by atoms with Crippen LogP contribution in [0.5, 0.6) is 0 Å². The minimum absolute atomic E-state index is 0.00920. The van der Waals surface area contributed by atoms with Crippen molar-refractivity contribution < 1.29 is 8.42 Å². The summed E-state index contributed by atoms with van der Waals surface area (Å²) in [6.45, 7) is 3.88. The van der Waals surface area contributed by atoms with Crippen LogP contribution in [0, 0.1) is 0 Å². The lowest BCUT2D eigenvalue weighted by molar-refractivity contribution is 0.413. The number of nitrogens with zero attached hydrogens (tertiary/aromatic N) is 2. The summed E-state index contributed by atoms with van der Waals surface area (Å²) in [6.07, 6.45) is 4.54. The molecule has 1 aromatic heterocycles. The molecule has 0 bridgehead atoms. The van der Waals surface area contributed by atoms with E-state index >= 15 is 0 Å². The van der Waals surface area contributed by atoms with Crippen molar-refractivity contribution in [3.8, 4) is 0 Å². The summed E-state index contributed by atoms with van der Waals surface area (Å²) < 4.78 is 29.1. The van der Waals surface area contributed by atoms with E-state index in [-0.39, 0.29) is 23.6 Å². The monoisotopic (exact) mass is 453 g/mol. The Morgan fingerprint density at radius 3 is 2.74 bits per heavy atom. The number of hydrogen-bond donors (Lipinski definition) is 1. The van der Waals surface area contributed by atoms with Crippen LogP contribution in [0.25, 0.3) is 0 Å². The van der Waals surface area contributed by atoms with Crippen LogP contribution < -0.4 is 10.3 Å². The summed E-state index contributed by atoms with van der Waals surface area (Å²) in [5.41, 5.74) is 2.39. The van der Waals surface area contributed by atoms with Crippen molar-refractivity contribution in [1.82, 2.24) is 14.3 Å². The van der Waals surface area contributed by atoms with E-state index in [2.05, 4.69) is 25.6 Å². The Morgan fingerprint density at radius 2 is 2.11 bits per heavy atom. The number of sulfonamides is 1. The van der Waals surface area contributed by atoms with Gasteiger partial charge in [0, 0.05) is 28.0 Å². The Morgan fingerprint density at radius 1 is 1.37 bits per heavy atom. The fourth-order valence-corrected chi connectivity index (χ4v) is 5.01. The van der Waals surface area contributed by atoms with E-state index < -0.39 is 10.0 Å². The Kier molecular flexibility index (Phi) is 5.88. The van der Waals surface area contributed by atoms with E-state index in [4.69, 9.17) is 0 Å². The molecular weight excluding hydrogens is 430 g/mol. The first kappa shape index (κ1) is 20.2. The Balaban J connectivity index is 2.10. The molecule has 1 N–H and O–H groups in total. The van der Waals surface area contributed by atoms with Gasteiger partial charge in [-0.1, -0.05) is 28.1 Å². The fraction of sp³-hybridized carbons (Fsp3) is 0.474. The molecule has 0 saturated carbocycles. The van der Waals surface area contributed by atoms with Crippen molar-refractivity contribution in [2.24, 2.45) is 0 Å². The largest absolute Gasteiger partial charge is 0.296 e. The normalized spacial score (nSPS) is 19.9. The minimum atomic E-state index is -3.39. The molecule has 1 aromatic carbocycles. The van der Waals surface area contributed by atoms with Crippen molar-refractivity contribution in [1.29, 1.82) is 0 Å². The number of nitrogens with one attached hydrogen (secondary N) is 1. The lowest BCUT2D eigenvalue weighted by Crippen LogP contribution is -2.45. The van der Waals surface area contributed by atoms with Crippen LogP contribution in [0.15, 0.2) is 39.9 Å². The zero-order valence-corrected chi connectivity index (χ0v) is 18.0. The predicted molar refractivity (Wildman–Crippen MR) is 110 cm³/mol. The van der Waals surface area contributed by atoms with Gasteiger partial charge in [-0.2, -0.15) is 0 Å². The first-order valence-corrected chi connectivity index (χ1v) is 11.7. The summed E-state index contributed by atoms with van der Waals surface area (Å²) in [6, 6.07) is 7.54. The fourth-order valence-electron chi connectivity index (χ4n) is 3.73. The number of hydrogen-bond acceptors (Lipinski definition) is 4. The maximum absolute atomic E-state index is 13.2. The second-order valence-corrected chi connectivity index (χ2v) is 10.1. The highest BCUT2D eigenvalue weighted by Gasteiger charge is 2.35. The Hall–Kier alpha value is -1.51. The molecular formula is C19H24BrN3O3S. The van der Waals surface area contributed by atoms with E-state index in [1.165, 1.54) is 0 Å². The van der Waals surface area contributed by atoms with Gasteiger partial charge in [-0.3, -0.25) is 9.36 Å². The molecule has 1 heterocycles. The highest BCUT2D eigenvalue weighted by molar-refractivity contribution is 9.10. The lowest BCUT2D eigenvalue weighted by atomic mass is 9.79. The van der Waals surface area contributed by atoms with Crippen molar-refractivity contribution in [2.75, 3.05) is 6.26 Å². The molecule has 8 heteroatoms. The first-order chi connectivity index (χ1) is 12.7. The molecule has 0 amide bonds. The smallest absolute Gasteiger partial charge is 0.257 e. The number of aromatic nitrogens is 2. The molecule has 1 aliphatic carbocycles. The molecule has 1 aliphatic rings. The van der Waals surface area contributed by atoms with Gasteiger partial charge in [-0.15, -0.1) is 0 Å². The standard InChI is InChI=1S/C19H24BrN3O3S/c1-12(2)23-11-21-17-8-7-16(22-27(3,25)26)15(18(17)19(23)24)10-13-5-4-6-14(20)9-13/h4-6,9,11-12,15-16,22H,7-8,10H2,1-3H3/t15-,16-/m1/s1. The van der Waals surface area contributed by atoms with Crippen LogP contribution in [0.2, 0.25) is 0 Å². The summed E-state index contributed by atoms with van der Waals surface area (Å²) in [5.74, 6) is -0.260. The Labute approximate surface area is 168 Å². The van der Waals surface area contributed by atoms with Crippen LogP contribution in [0.4, 0.5) is 0 Å². The molecule has 0 spiro atoms. The number of fused-ring (bicyclic) bond motifs is 1. The van der Waals surface area contributed by atoms with E-state index in [9.17, 15) is 13.2 Å². The zero-order valence-electron chi connectivity index (χ0n) is 15.6. The molecule has 146 valence electrons. The van der Waals surface area contributed by atoms with Gasteiger partial charge in [0.05, 0.1) is 18.3 Å². The van der Waals surface area contributed by atoms with Crippen LogP contribution in [0.3, 0.4) is 0 Å². The molecule has 0 aliphatic heterocycles. The van der Waals surface area contributed by atoms with Crippen LogP contribution in [-0.4, -0.2) is 30.3 Å². The maximum Gasteiger partial charge on any atom is 0.257 e. The number of rotatable bonds is 5. The van der Waals surface area contributed by atoms with Gasteiger partial charge in [0.1, 0.15) is 0 Å². The highest BCUT2D eigenvalue weighted by atomic mass is 79.9. The molecule has 0 saturated heterocycles. The molecule has 0 radical (unpaired) electrons. The van der Waals surface area contributed by atoms with Gasteiger partial charge >= 0.3 is 0 Å². The molecule has 3 rings (SSSR count). The second kappa shape index (κ2) is 7.85. The van der Waals surface area contributed by atoms with Crippen molar-refractivity contribution in [3.63, 3.8) is 0 Å². The maximum atomic E-state index is 13.2. The van der Waals surface area contributed by atoms with E-state index in [0.29, 0.717) is 24.8 Å². The summed E-state index contributed by atoms with van der Waals surface area (Å²) in [7, 11) is -3.39. The van der Waals surface area contributed by atoms with Gasteiger partial charge in [-0.25, -0.2) is 18.1 Å². The van der Waals surface area contributed by atoms with Crippen molar-refractivity contribution >= 4 is 26.0 Å². The van der Waals surface area contributed by atoms with Gasteiger partial charge in [-0.05, 0) is 50.8 Å². The SMILES string of the molecule is CC(C)n1cnc2c(c1=O)[C@H](Cc1cccc(Br)c1)[C@H](NS(C)(=O)=O)CC2. The molecule has 27 heavy (non-hydrogen) atoms. The molecule has 2 aromatic rings. The molecule has 0 fully saturated rings. The average molecular weight is 454 g/mol. The average Bonchev–Trinajstić information content (AvgIpc) is 2.55. The summed E-state index contributed by atoms with van der Waals surface area (Å²) >= 11 is 3.48. The molecule has 0 unspecified atom stereocenters.